The maximum Gasteiger partial charge on any atom is 0.270 e. The fraction of sp³-hybridized carbons (Fsp3) is 0.429. The number of rotatable bonds is 4. The van der Waals surface area contributed by atoms with E-state index < -0.39 is 0 Å². The smallest absolute Gasteiger partial charge is 0.270 e. The van der Waals surface area contributed by atoms with Crippen LogP contribution in [0.3, 0.4) is 0 Å². The number of aryl methyl sites for hydroxylation is 1. The number of benzene rings is 1. The van der Waals surface area contributed by atoms with E-state index in [2.05, 4.69) is 41.1 Å². The fourth-order valence-corrected chi connectivity index (χ4v) is 3.96. The molecule has 5 nitrogen and oxygen atoms in total. The number of carbonyl (C=O) groups is 2. The van der Waals surface area contributed by atoms with Gasteiger partial charge >= 0.3 is 0 Å². The molecule has 3 rings (SSSR count). The monoisotopic (exact) mass is 353 g/mol. The summed E-state index contributed by atoms with van der Waals surface area (Å²) in [5.41, 5.74) is 4.02. The fourth-order valence-electron chi connectivity index (χ4n) is 3.96. The molecule has 0 saturated carbocycles. The van der Waals surface area contributed by atoms with Crippen LogP contribution in [0.15, 0.2) is 30.3 Å². The van der Waals surface area contributed by atoms with E-state index in [0.29, 0.717) is 17.8 Å². The van der Waals surface area contributed by atoms with Crippen LogP contribution < -0.4 is 0 Å². The number of amides is 1. The van der Waals surface area contributed by atoms with E-state index >= 15 is 0 Å². The van der Waals surface area contributed by atoms with Crippen molar-refractivity contribution in [2.75, 3.05) is 19.6 Å². The van der Waals surface area contributed by atoms with E-state index in [0.717, 1.165) is 30.9 Å². The van der Waals surface area contributed by atoms with Crippen molar-refractivity contribution in [2.45, 2.75) is 40.3 Å². The summed E-state index contributed by atoms with van der Waals surface area (Å²) >= 11 is 0. The van der Waals surface area contributed by atoms with Gasteiger partial charge in [0.25, 0.3) is 5.91 Å². The SMILES string of the molecule is CC(=O)c1c(C)[nH]c(C(=O)N2CCN(Cc3ccccc3)C[C@H]2C)c1C. The molecule has 1 aliphatic rings. The molecule has 1 N–H and O–H groups in total. The first-order chi connectivity index (χ1) is 12.4. The summed E-state index contributed by atoms with van der Waals surface area (Å²) in [6, 6.07) is 10.5. The van der Waals surface area contributed by atoms with Gasteiger partial charge in [-0.2, -0.15) is 0 Å². The minimum Gasteiger partial charge on any atom is -0.354 e. The van der Waals surface area contributed by atoms with E-state index in [-0.39, 0.29) is 17.7 Å². The number of hydrogen-bond acceptors (Lipinski definition) is 3. The highest BCUT2D eigenvalue weighted by Gasteiger charge is 2.30. The molecule has 0 radical (unpaired) electrons. The number of aromatic amines is 1. The van der Waals surface area contributed by atoms with Crippen LogP contribution in [-0.4, -0.2) is 52.2 Å². The van der Waals surface area contributed by atoms with E-state index in [9.17, 15) is 9.59 Å². The summed E-state index contributed by atoms with van der Waals surface area (Å²) in [4.78, 5) is 32.3. The molecule has 1 aromatic carbocycles. The van der Waals surface area contributed by atoms with Crippen molar-refractivity contribution in [1.82, 2.24) is 14.8 Å². The highest BCUT2D eigenvalue weighted by Crippen LogP contribution is 2.22. The van der Waals surface area contributed by atoms with Crippen LogP contribution in [0, 0.1) is 13.8 Å². The van der Waals surface area contributed by atoms with Gasteiger partial charge in [0.15, 0.2) is 5.78 Å². The van der Waals surface area contributed by atoms with Crippen LogP contribution in [-0.2, 0) is 6.54 Å². The second-order valence-corrected chi connectivity index (χ2v) is 7.25. The van der Waals surface area contributed by atoms with Crippen molar-refractivity contribution in [3.05, 3.63) is 58.4 Å². The average Bonchev–Trinajstić information content (AvgIpc) is 2.90. The zero-order valence-corrected chi connectivity index (χ0v) is 16.0. The maximum atomic E-state index is 13.0. The van der Waals surface area contributed by atoms with Crippen molar-refractivity contribution < 1.29 is 9.59 Å². The molecule has 138 valence electrons. The summed E-state index contributed by atoms with van der Waals surface area (Å²) in [6.07, 6.45) is 0. The largest absolute Gasteiger partial charge is 0.354 e. The third kappa shape index (κ3) is 3.58. The minimum atomic E-state index is -0.00930. The summed E-state index contributed by atoms with van der Waals surface area (Å²) in [5.74, 6) is -0.0130. The Labute approximate surface area is 155 Å². The van der Waals surface area contributed by atoms with Gasteiger partial charge in [-0.3, -0.25) is 14.5 Å². The van der Waals surface area contributed by atoms with Crippen molar-refractivity contribution in [3.8, 4) is 0 Å². The van der Waals surface area contributed by atoms with Gasteiger partial charge in [-0.1, -0.05) is 30.3 Å². The number of piperazine rings is 1. The van der Waals surface area contributed by atoms with Gasteiger partial charge in [-0.25, -0.2) is 0 Å². The number of hydrogen-bond donors (Lipinski definition) is 1. The predicted octanol–water partition coefficient (Wildman–Crippen LogP) is 3.18. The Kier molecular flexibility index (Phi) is 5.28. The van der Waals surface area contributed by atoms with Gasteiger partial charge in [0.2, 0.25) is 0 Å². The van der Waals surface area contributed by atoms with Gasteiger partial charge in [-0.05, 0) is 38.8 Å². The Morgan fingerprint density at radius 1 is 1.15 bits per heavy atom. The molecule has 0 unspecified atom stereocenters. The van der Waals surface area contributed by atoms with Crippen LogP contribution in [0.2, 0.25) is 0 Å². The number of nitrogens with one attached hydrogen (secondary N) is 1. The Hall–Kier alpha value is -2.40. The van der Waals surface area contributed by atoms with Crippen LogP contribution in [0.25, 0.3) is 0 Å². The summed E-state index contributed by atoms with van der Waals surface area (Å²) in [5, 5.41) is 0. The molecule has 1 saturated heterocycles. The molecule has 0 bridgehead atoms. The predicted molar refractivity (Wildman–Crippen MR) is 102 cm³/mol. The van der Waals surface area contributed by atoms with E-state index in [1.54, 1.807) is 6.92 Å². The van der Waals surface area contributed by atoms with Gasteiger partial charge in [0, 0.05) is 43.5 Å². The Bertz CT molecular complexity index is 810. The molecular formula is C21H27N3O2. The van der Waals surface area contributed by atoms with Gasteiger partial charge < -0.3 is 9.88 Å². The topological polar surface area (TPSA) is 56.4 Å². The normalized spacial score (nSPS) is 18.2. The zero-order chi connectivity index (χ0) is 18.8. The lowest BCUT2D eigenvalue weighted by Crippen LogP contribution is -2.53. The second-order valence-electron chi connectivity index (χ2n) is 7.25. The lowest BCUT2D eigenvalue weighted by Gasteiger charge is -2.40. The second kappa shape index (κ2) is 7.46. The molecule has 26 heavy (non-hydrogen) atoms. The molecule has 0 aliphatic carbocycles. The Morgan fingerprint density at radius 2 is 1.85 bits per heavy atom. The Balaban J connectivity index is 1.71. The number of aromatic nitrogens is 1. The number of H-pyrrole nitrogens is 1. The molecule has 0 spiro atoms. The van der Waals surface area contributed by atoms with Gasteiger partial charge in [0.05, 0.1) is 0 Å². The first-order valence-corrected chi connectivity index (χ1v) is 9.15. The van der Waals surface area contributed by atoms with Crippen LogP contribution in [0.5, 0.6) is 0 Å². The van der Waals surface area contributed by atoms with Crippen molar-refractivity contribution in [3.63, 3.8) is 0 Å². The highest BCUT2D eigenvalue weighted by molar-refractivity contribution is 6.02. The first-order valence-electron chi connectivity index (χ1n) is 9.15. The van der Waals surface area contributed by atoms with Crippen molar-refractivity contribution in [1.29, 1.82) is 0 Å². The first kappa shape index (κ1) is 18.4. The lowest BCUT2D eigenvalue weighted by atomic mass is 10.1. The summed E-state index contributed by atoms with van der Waals surface area (Å²) < 4.78 is 0. The van der Waals surface area contributed by atoms with Gasteiger partial charge in [0.1, 0.15) is 5.69 Å². The molecule has 1 atom stereocenters. The Morgan fingerprint density at radius 3 is 2.42 bits per heavy atom. The third-order valence-corrected chi connectivity index (χ3v) is 5.22. The third-order valence-electron chi connectivity index (χ3n) is 5.22. The van der Waals surface area contributed by atoms with E-state index in [1.165, 1.54) is 5.56 Å². The summed E-state index contributed by atoms with van der Waals surface area (Å²) in [6.45, 7) is 10.6. The lowest BCUT2D eigenvalue weighted by molar-refractivity contribution is 0.0470. The molecule has 1 aromatic heterocycles. The minimum absolute atomic E-state index is 0.00368. The molecule has 1 aliphatic heterocycles. The molecule has 2 aromatic rings. The number of carbonyl (C=O) groups excluding carboxylic acids is 2. The van der Waals surface area contributed by atoms with E-state index in [1.807, 2.05) is 24.8 Å². The average molecular weight is 353 g/mol. The molecule has 1 amide bonds. The molecule has 2 heterocycles. The van der Waals surface area contributed by atoms with E-state index in [4.69, 9.17) is 0 Å². The summed E-state index contributed by atoms with van der Waals surface area (Å²) in [7, 11) is 0. The van der Waals surface area contributed by atoms with Crippen molar-refractivity contribution >= 4 is 11.7 Å². The highest BCUT2D eigenvalue weighted by atomic mass is 16.2. The maximum absolute atomic E-state index is 13.0. The standard InChI is InChI=1S/C21H27N3O2/c1-14-12-23(13-18-8-6-5-7-9-18)10-11-24(14)21(26)20-15(2)19(17(4)25)16(3)22-20/h5-9,14,22H,10-13H2,1-4H3/t14-/m1/s1. The molecule has 5 heteroatoms. The number of Topliss-reactive ketones (excluding diaryl/α,β-unsaturated/α-hetero) is 1. The van der Waals surface area contributed by atoms with Crippen molar-refractivity contribution in [2.24, 2.45) is 0 Å². The van der Waals surface area contributed by atoms with Crippen LogP contribution in [0.4, 0.5) is 0 Å². The molecular weight excluding hydrogens is 326 g/mol. The quantitative estimate of drug-likeness (QED) is 0.859. The zero-order valence-electron chi connectivity index (χ0n) is 16.0. The number of nitrogens with zero attached hydrogens (tertiary/aromatic N) is 2. The van der Waals surface area contributed by atoms with Gasteiger partial charge in [-0.15, -0.1) is 0 Å². The van der Waals surface area contributed by atoms with Crippen LogP contribution in [0.1, 0.15) is 51.5 Å². The molecule has 1 fully saturated rings. The van der Waals surface area contributed by atoms with Crippen LogP contribution >= 0.6 is 0 Å². The number of ketones is 1.